The van der Waals surface area contributed by atoms with E-state index in [1.807, 2.05) is 7.05 Å². The highest BCUT2D eigenvalue weighted by Gasteiger charge is 2.27. The Morgan fingerprint density at radius 2 is 1.83 bits per heavy atom. The highest BCUT2D eigenvalue weighted by molar-refractivity contribution is 6.06. The van der Waals surface area contributed by atoms with E-state index in [1.54, 1.807) is 29.3 Å². The highest BCUT2D eigenvalue weighted by atomic mass is 19.1. The average Bonchev–Trinajstić information content (AvgIpc) is 3.10. The number of rotatable bonds is 3. The molecule has 0 aliphatic carbocycles. The first-order valence-electron chi connectivity index (χ1n) is 9.15. The van der Waals surface area contributed by atoms with Gasteiger partial charge in [0.2, 0.25) is 5.82 Å². The number of piperazine rings is 1. The van der Waals surface area contributed by atoms with Gasteiger partial charge in [0, 0.05) is 38.4 Å². The zero-order chi connectivity index (χ0) is 20.5. The van der Waals surface area contributed by atoms with E-state index in [0.717, 1.165) is 25.2 Å². The molecule has 150 valence electrons. The van der Waals surface area contributed by atoms with Crippen LogP contribution in [-0.4, -0.2) is 64.2 Å². The number of benzene rings is 1. The van der Waals surface area contributed by atoms with Crippen LogP contribution in [0.3, 0.4) is 0 Å². The number of nitrogens with one attached hydrogen (secondary N) is 1. The minimum absolute atomic E-state index is 0.0539. The summed E-state index contributed by atoms with van der Waals surface area (Å²) < 4.78 is 28.5. The summed E-state index contributed by atoms with van der Waals surface area (Å²) in [6, 6.07) is 8.01. The molecule has 2 amide bonds. The van der Waals surface area contributed by atoms with Crippen molar-refractivity contribution in [3.05, 3.63) is 65.7 Å². The predicted molar refractivity (Wildman–Crippen MR) is 103 cm³/mol. The molecule has 0 radical (unpaired) electrons. The molecular formula is C20H19F2N5O2. The number of hydrogen-bond acceptors (Lipinski definition) is 4. The Kier molecular flexibility index (Phi) is 4.98. The van der Waals surface area contributed by atoms with Crippen LogP contribution in [0.1, 0.15) is 21.1 Å². The topological polar surface area (TPSA) is 69.9 Å². The predicted octanol–water partition coefficient (Wildman–Crippen LogP) is 2.25. The van der Waals surface area contributed by atoms with Crippen molar-refractivity contribution in [2.75, 3.05) is 38.5 Å². The number of pyridine rings is 1. The van der Waals surface area contributed by atoms with Gasteiger partial charge in [-0.3, -0.25) is 14.0 Å². The van der Waals surface area contributed by atoms with Crippen molar-refractivity contribution in [1.29, 1.82) is 0 Å². The molecule has 3 heterocycles. The van der Waals surface area contributed by atoms with E-state index in [1.165, 1.54) is 4.40 Å². The van der Waals surface area contributed by atoms with Gasteiger partial charge in [0.05, 0.1) is 11.2 Å². The standard InChI is InChI=1S/C20H19F2N5O2/c1-25-8-10-26(11-9-25)20(29)17-16-4-2-3-7-27(16)18(24-17)19(28)23-15-6-5-13(21)12-14(15)22/h2-7,12H,8-11H2,1H3,(H,23,28). The zero-order valence-electron chi connectivity index (χ0n) is 15.7. The fraction of sp³-hybridized carbons (Fsp3) is 0.250. The maximum Gasteiger partial charge on any atom is 0.292 e. The SMILES string of the molecule is CN1CCN(C(=O)c2nc(C(=O)Nc3ccc(F)cc3F)n3ccccc23)CC1. The van der Waals surface area contributed by atoms with E-state index < -0.39 is 17.5 Å². The second kappa shape index (κ2) is 7.59. The maximum absolute atomic E-state index is 13.9. The molecule has 3 aromatic rings. The Labute approximate surface area is 165 Å². The van der Waals surface area contributed by atoms with Crippen LogP contribution in [0.25, 0.3) is 5.52 Å². The molecule has 1 aliphatic heterocycles. The van der Waals surface area contributed by atoms with Crippen molar-refractivity contribution in [2.45, 2.75) is 0 Å². The van der Waals surface area contributed by atoms with Gasteiger partial charge in [-0.2, -0.15) is 0 Å². The molecule has 1 aliphatic rings. The molecule has 29 heavy (non-hydrogen) atoms. The van der Waals surface area contributed by atoms with Crippen molar-refractivity contribution in [2.24, 2.45) is 0 Å². The summed E-state index contributed by atoms with van der Waals surface area (Å²) in [5, 5.41) is 2.39. The second-order valence-corrected chi connectivity index (χ2v) is 6.91. The van der Waals surface area contributed by atoms with Gasteiger partial charge in [0.1, 0.15) is 11.6 Å². The first kappa shape index (κ1) is 19.0. The van der Waals surface area contributed by atoms with Gasteiger partial charge in [-0.1, -0.05) is 6.07 Å². The molecule has 1 aromatic carbocycles. The molecular weight excluding hydrogens is 380 g/mol. The van der Waals surface area contributed by atoms with Crippen molar-refractivity contribution < 1.29 is 18.4 Å². The Morgan fingerprint density at radius 1 is 1.07 bits per heavy atom. The number of hydrogen-bond donors (Lipinski definition) is 1. The van der Waals surface area contributed by atoms with Gasteiger partial charge in [0.25, 0.3) is 11.8 Å². The highest BCUT2D eigenvalue weighted by Crippen LogP contribution is 2.19. The molecule has 1 saturated heterocycles. The molecule has 9 heteroatoms. The molecule has 7 nitrogen and oxygen atoms in total. The summed E-state index contributed by atoms with van der Waals surface area (Å²) in [6.45, 7) is 2.66. The van der Waals surface area contributed by atoms with Gasteiger partial charge < -0.3 is 15.1 Å². The van der Waals surface area contributed by atoms with Crippen LogP contribution in [0, 0.1) is 11.6 Å². The minimum Gasteiger partial charge on any atom is -0.335 e. The van der Waals surface area contributed by atoms with E-state index >= 15 is 0 Å². The molecule has 2 aromatic heterocycles. The number of fused-ring (bicyclic) bond motifs is 1. The average molecular weight is 399 g/mol. The third-order valence-corrected chi connectivity index (χ3v) is 4.92. The van der Waals surface area contributed by atoms with Gasteiger partial charge in [0.15, 0.2) is 5.69 Å². The smallest absolute Gasteiger partial charge is 0.292 e. The number of halogens is 2. The van der Waals surface area contributed by atoms with Crippen LogP contribution < -0.4 is 5.32 Å². The Morgan fingerprint density at radius 3 is 2.55 bits per heavy atom. The molecule has 1 fully saturated rings. The van der Waals surface area contributed by atoms with Crippen LogP contribution in [0.15, 0.2) is 42.6 Å². The van der Waals surface area contributed by atoms with Crippen molar-refractivity contribution in [1.82, 2.24) is 19.2 Å². The fourth-order valence-electron chi connectivity index (χ4n) is 3.28. The van der Waals surface area contributed by atoms with Crippen LogP contribution in [-0.2, 0) is 0 Å². The van der Waals surface area contributed by atoms with E-state index in [0.29, 0.717) is 24.7 Å². The van der Waals surface area contributed by atoms with Crippen LogP contribution in [0.4, 0.5) is 14.5 Å². The first-order valence-corrected chi connectivity index (χ1v) is 9.15. The zero-order valence-corrected chi connectivity index (χ0v) is 15.7. The van der Waals surface area contributed by atoms with E-state index in [4.69, 9.17) is 0 Å². The lowest BCUT2D eigenvalue weighted by molar-refractivity contribution is 0.0661. The Balaban J connectivity index is 1.67. The number of imidazole rings is 1. The summed E-state index contributed by atoms with van der Waals surface area (Å²) in [4.78, 5) is 33.8. The first-order chi connectivity index (χ1) is 13.9. The van der Waals surface area contributed by atoms with E-state index in [9.17, 15) is 18.4 Å². The number of anilines is 1. The molecule has 0 unspecified atom stereocenters. The maximum atomic E-state index is 13.9. The summed E-state index contributed by atoms with van der Waals surface area (Å²) >= 11 is 0. The summed E-state index contributed by atoms with van der Waals surface area (Å²) in [6.07, 6.45) is 1.61. The van der Waals surface area contributed by atoms with Gasteiger partial charge in [-0.25, -0.2) is 13.8 Å². The minimum atomic E-state index is -0.895. The quantitative estimate of drug-likeness (QED) is 0.734. The van der Waals surface area contributed by atoms with Gasteiger partial charge in [-0.05, 0) is 31.3 Å². The third-order valence-electron chi connectivity index (χ3n) is 4.92. The van der Waals surface area contributed by atoms with Crippen molar-refractivity contribution in [3.8, 4) is 0 Å². The van der Waals surface area contributed by atoms with Gasteiger partial charge >= 0.3 is 0 Å². The number of carbonyl (C=O) groups is 2. The molecule has 4 rings (SSSR count). The number of likely N-dealkylation sites (N-methyl/N-ethyl adjacent to an activating group) is 1. The number of amides is 2. The van der Waals surface area contributed by atoms with E-state index in [2.05, 4.69) is 15.2 Å². The fourth-order valence-corrected chi connectivity index (χ4v) is 3.28. The van der Waals surface area contributed by atoms with Crippen molar-refractivity contribution in [3.63, 3.8) is 0 Å². The van der Waals surface area contributed by atoms with Crippen molar-refractivity contribution >= 4 is 23.0 Å². The largest absolute Gasteiger partial charge is 0.335 e. The monoisotopic (exact) mass is 399 g/mol. The van der Waals surface area contributed by atoms with E-state index in [-0.39, 0.29) is 23.1 Å². The molecule has 0 saturated carbocycles. The lowest BCUT2D eigenvalue weighted by Gasteiger charge is -2.32. The number of aromatic nitrogens is 2. The summed E-state index contributed by atoms with van der Waals surface area (Å²) in [7, 11) is 1.99. The molecule has 0 bridgehead atoms. The van der Waals surface area contributed by atoms with Crippen LogP contribution in [0.2, 0.25) is 0 Å². The Bertz CT molecular complexity index is 1090. The molecule has 1 N–H and O–H groups in total. The summed E-state index contributed by atoms with van der Waals surface area (Å²) in [5.74, 6) is -2.65. The lowest BCUT2D eigenvalue weighted by Crippen LogP contribution is -2.47. The van der Waals surface area contributed by atoms with Crippen LogP contribution >= 0.6 is 0 Å². The molecule has 0 atom stereocenters. The lowest BCUT2D eigenvalue weighted by atomic mass is 10.2. The molecule has 0 spiro atoms. The Hall–Kier alpha value is -3.33. The number of nitrogens with zero attached hydrogens (tertiary/aromatic N) is 4. The van der Waals surface area contributed by atoms with Gasteiger partial charge in [-0.15, -0.1) is 0 Å². The third kappa shape index (κ3) is 3.68. The second-order valence-electron chi connectivity index (χ2n) is 6.91. The summed E-state index contributed by atoms with van der Waals surface area (Å²) in [5.41, 5.74) is 0.483. The van der Waals surface area contributed by atoms with Crippen LogP contribution in [0.5, 0.6) is 0 Å². The number of carbonyl (C=O) groups excluding carboxylic acids is 2. The normalized spacial score (nSPS) is 14.9.